The Balaban J connectivity index is 0. The molecule has 0 heterocycles. The number of rotatable bonds is 1. The highest BCUT2D eigenvalue weighted by Crippen LogP contribution is 2.12. The highest BCUT2D eigenvalue weighted by Gasteiger charge is 1.96. The van der Waals surface area contributed by atoms with Crippen molar-refractivity contribution in [2.24, 2.45) is 0 Å². The molecule has 0 rings (SSSR count). The van der Waals surface area contributed by atoms with Crippen LogP contribution in [0.3, 0.4) is 0 Å². The molecule has 0 spiro atoms. The number of hydrogen-bond donors (Lipinski definition) is 2. The van der Waals surface area contributed by atoms with Crippen LogP contribution in [-0.4, -0.2) is 11.0 Å². The summed E-state index contributed by atoms with van der Waals surface area (Å²) in [5.74, 6) is 1.23. The SMILES string of the molecule is CC=C[P+](=O)O.N=C=O. The quantitative estimate of drug-likeness (QED) is 0.332. The Morgan fingerprint density at radius 2 is 2.11 bits per heavy atom. The van der Waals surface area contributed by atoms with E-state index >= 15 is 0 Å². The van der Waals surface area contributed by atoms with Crippen molar-refractivity contribution in [1.82, 2.24) is 0 Å². The monoisotopic (exact) mass is 148 g/mol. The van der Waals surface area contributed by atoms with Gasteiger partial charge in [-0.2, -0.15) is 4.89 Å². The lowest BCUT2D eigenvalue weighted by atomic mass is 10.8. The van der Waals surface area contributed by atoms with Gasteiger partial charge in [0.2, 0.25) is 6.08 Å². The van der Waals surface area contributed by atoms with E-state index in [4.69, 9.17) is 15.1 Å². The molecular weight excluding hydrogens is 141 g/mol. The molecular formula is C4H7NO3P+. The predicted octanol–water partition coefficient (Wildman–Crippen LogP) is 1.16. The average Bonchev–Trinajstić information content (AvgIpc) is 1.67. The van der Waals surface area contributed by atoms with Crippen LogP contribution in [0.15, 0.2) is 11.9 Å². The largest absolute Gasteiger partial charge is 0.537 e. The fraction of sp³-hybridized carbons (Fsp3) is 0.250. The normalized spacial score (nSPS) is 9.33. The van der Waals surface area contributed by atoms with Crippen LogP contribution in [0.4, 0.5) is 0 Å². The molecule has 0 aromatic rings. The van der Waals surface area contributed by atoms with Gasteiger partial charge in [0.15, 0.2) is 5.82 Å². The van der Waals surface area contributed by atoms with Crippen LogP contribution in [0.5, 0.6) is 0 Å². The van der Waals surface area contributed by atoms with Gasteiger partial charge in [-0.15, -0.1) is 0 Å². The van der Waals surface area contributed by atoms with Gasteiger partial charge >= 0.3 is 8.03 Å². The Morgan fingerprint density at radius 1 is 1.78 bits per heavy atom. The van der Waals surface area contributed by atoms with Crippen molar-refractivity contribution in [3.63, 3.8) is 0 Å². The zero-order chi connectivity index (χ0) is 7.70. The maximum atomic E-state index is 9.66. The van der Waals surface area contributed by atoms with Crippen molar-refractivity contribution in [3.8, 4) is 0 Å². The first kappa shape index (κ1) is 11.0. The van der Waals surface area contributed by atoms with E-state index in [-0.39, 0.29) is 0 Å². The third-order valence-electron chi connectivity index (χ3n) is 0.277. The van der Waals surface area contributed by atoms with Crippen LogP contribution < -0.4 is 0 Å². The third-order valence-corrected chi connectivity index (χ3v) is 0.830. The summed E-state index contributed by atoms with van der Waals surface area (Å²) in [5, 5.41) is 5.40. The summed E-state index contributed by atoms with van der Waals surface area (Å²) in [5.41, 5.74) is 0. The predicted molar refractivity (Wildman–Crippen MR) is 33.1 cm³/mol. The molecule has 0 saturated heterocycles. The van der Waals surface area contributed by atoms with Gasteiger partial charge in [-0.1, -0.05) is 0 Å². The van der Waals surface area contributed by atoms with E-state index in [1.165, 1.54) is 5.82 Å². The molecule has 2 N–H and O–H groups in total. The van der Waals surface area contributed by atoms with Crippen molar-refractivity contribution in [2.75, 3.05) is 0 Å². The van der Waals surface area contributed by atoms with E-state index in [0.29, 0.717) is 0 Å². The van der Waals surface area contributed by atoms with Crippen LogP contribution in [0, 0.1) is 5.41 Å². The van der Waals surface area contributed by atoms with Crippen LogP contribution in [0.2, 0.25) is 0 Å². The third kappa shape index (κ3) is 40.5. The molecule has 4 nitrogen and oxygen atoms in total. The molecule has 0 aromatic heterocycles. The lowest BCUT2D eigenvalue weighted by Crippen LogP contribution is -1.41. The highest BCUT2D eigenvalue weighted by molar-refractivity contribution is 7.41. The first-order valence-electron chi connectivity index (χ1n) is 2.01. The lowest BCUT2D eigenvalue weighted by molar-refractivity contribution is 0.512. The Hall–Kier alpha value is -0.820. The van der Waals surface area contributed by atoms with Crippen molar-refractivity contribution >= 4 is 14.1 Å². The minimum atomic E-state index is -2.03. The maximum absolute atomic E-state index is 9.66. The molecule has 0 saturated carbocycles. The Kier molecular flexibility index (Phi) is 12.5. The van der Waals surface area contributed by atoms with Crippen molar-refractivity contribution in [2.45, 2.75) is 6.92 Å². The highest BCUT2D eigenvalue weighted by atomic mass is 31.1. The summed E-state index contributed by atoms with van der Waals surface area (Å²) in [4.78, 5) is 16.3. The molecule has 0 amide bonds. The summed E-state index contributed by atoms with van der Waals surface area (Å²) in [6.45, 7) is 1.70. The summed E-state index contributed by atoms with van der Waals surface area (Å²) in [7, 11) is -2.03. The molecule has 0 radical (unpaired) electrons. The van der Waals surface area contributed by atoms with E-state index in [1.807, 2.05) is 0 Å². The number of carbonyl (C=O) groups excluding carboxylic acids is 1. The van der Waals surface area contributed by atoms with Gasteiger partial charge in [0, 0.05) is 0 Å². The van der Waals surface area contributed by atoms with Gasteiger partial charge in [0.05, 0.1) is 0 Å². The Morgan fingerprint density at radius 3 is 2.11 bits per heavy atom. The van der Waals surface area contributed by atoms with Crippen LogP contribution in [0.25, 0.3) is 0 Å². The van der Waals surface area contributed by atoms with Crippen molar-refractivity contribution in [1.29, 1.82) is 5.41 Å². The Bertz CT molecular complexity index is 137. The lowest BCUT2D eigenvalue weighted by Gasteiger charge is -1.50. The fourth-order valence-electron chi connectivity index (χ4n) is 0.128. The molecule has 0 aliphatic rings. The molecule has 0 aromatic carbocycles. The molecule has 0 aliphatic carbocycles. The summed E-state index contributed by atoms with van der Waals surface area (Å²) >= 11 is 0. The van der Waals surface area contributed by atoms with E-state index in [2.05, 4.69) is 0 Å². The van der Waals surface area contributed by atoms with E-state index in [9.17, 15) is 4.57 Å². The zero-order valence-corrected chi connectivity index (χ0v) is 5.76. The molecule has 0 fully saturated rings. The van der Waals surface area contributed by atoms with Gasteiger partial charge in [-0.25, -0.2) is 10.2 Å². The topological polar surface area (TPSA) is 78.2 Å². The number of isocyanates is 1. The first-order chi connectivity index (χ1) is 4.18. The number of hydrogen-bond acceptors (Lipinski definition) is 3. The van der Waals surface area contributed by atoms with E-state index < -0.39 is 8.03 Å². The van der Waals surface area contributed by atoms with Gasteiger partial charge in [-0.3, -0.25) is 0 Å². The van der Waals surface area contributed by atoms with E-state index in [0.717, 1.165) is 6.08 Å². The molecule has 9 heavy (non-hydrogen) atoms. The van der Waals surface area contributed by atoms with Gasteiger partial charge in [-0.05, 0) is 17.6 Å². The van der Waals surface area contributed by atoms with Gasteiger partial charge < -0.3 is 0 Å². The van der Waals surface area contributed by atoms with Gasteiger partial charge in [0.25, 0.3) is 0 Å². The maximum Gasteiger partial charge on any atom is 0.537 e. The second-order valence-electron chi connectivity index (χ2n) is 0.887. The Labute approximate surface area is 53.6 Å². The van der Waals surface area contributed by atoms with Crippen LogP contribution >= 0.6 is 8.03 Å². The minimum absolute atomic E-state index is 0.750. The fourth-order valence-corrected chi connectivity index (χ4v) is 0.383. The minimum Gasteiger partial charge on any atom is -0.222 e. The summed E-state index contributed by atoms with van der Waals surface area (Å²) < 4.78 is 9.66. The molecule has 50 valence electrons. The second-order valence-corrected chi connectivity index (χ2v) is 1.79. The van der Waals surface area contributed by atoms with Crippen LogP contribution in [-0.2, 0) is 9.36 Å². The van der Waals surface area contributed by atoms with Crippen LogP contribution in [0.1, 0.15) is 6.92 Å². The molecule has 5 heteroatoms. The first-order valence-corrected chi connectivity index (χ1v) is 3.29. The number of allylic oxidation sites excluding steroid dienone is 1. The van der Waals surface area contributed by atoms with E-state index in [1.54, 1.807) is 13.0 Å². The van der Waals surface area contributed by atoms with Crippen molar-refractivity contribution < 1.29 is 14.3 Å². The van der Waals surface area contributed by atoms with Gasteiger partial charge in [0.1, 0.15) is 0 Å². The standard InChI is InChI=1S/C3H5O2P.CHNO/c1-2-3-6(4)5;2-1-3/h2-3H,1H3;2H/p+1. The molecule has 1 atom stereocenters. The smallest absolute Gasteiger partial charge is 0.222 e. The molecule has 1 unspecified atom stereocenters. The summed E-state index contributed by atoms with van der Waals surface area (Å²) in [6.07, 6.45) is 2.29. The number of nitrogens with one attached hydrogen (secondary N) is 1. The average molecular weight is 148 g/mol. The summed E-state index contributed by atoms with van der Waals surface area (Å²) in [6, 6.07) is 0. The molecule has 0 bridgehead atoms. The second kappa shape index (κ2) is 10.2. The molecule has 0 aliphatic heterocycles. The zero-order valence-electron chi connectivity index (χ0n) is 4.87. The van der Waals surface area contributed by atoms with Crippen molar-refractivity contribution in [3.05, 3.63) is 11.9 Å².